The highest BCUT2D eigenvalue weighted by atomic mass is 127. The van der Waals surface area contributed by atoms with Gasteiger partial charge in [-0.25, -0.2) is 9.59 Å². The Morgan fingerprint density at radius 3 is 2.10 bits per heavy atom. The number of carbonyl (C=O) groups is 9. The van der Waals surface area contributed by atoms with Crippen LogP contribution in [0, 0.1) is 52.1 Å². The molecule has 3 amide bonds. The third kappa shape index (κ3) is 21.8. The van der Waals surface area contributed by atoms with Crippen LogP contribution in [0.3, 0.4) is 0 Å². The summed E-state index contributed by atoms with van der Waals surface area (Å²) in [6.07, 6.45) is 13.4. The number of carbonyl (C=O) groups excluding carboxylic acids is 9. The predicted octanol–water partition coefficient (Wildman–Crippen LogP) is 11.5. The molecule has 1 aromatic carbocycles. The fourth-order valence-electron chi connectivity index (χ4n) is 12.7. The number of rotatable bonds is 15. The van der Waals surface area contributed by atoms with E-state index >= 15 is 0 Å². The van der Waals surface area contributed by atoms with Gasteiger partial charge in [0.2, 0.25) is 17.6 Å². The lowest BCUT2D eigenvalue weighted by Gasteiger charge is -2.42. The largest absolute Gasteiger partial charge is 0.462 e. The molecular formula is C68H96I3N3O17. The average molecular weight is 1610 g/mol. The lowest BCUT2D eigenvalue weighted by atomic mass is 9.78. The standard InChI is InChI=1S/C68H96I3N3O17/c1-37-21-15-13-16-22-38(2)52(86-11)35-48-27-25-43(7)68(85,91-48)64(81)65(82)74-29-19-18-23-49(74)66(83)90-53(36-50(77)39(3)32-42(6)63(80)44(8)62(79)41(5)31-37)40(4)33-47-26-28-51(54(34-47)87-12)89-55(78)24-17-14-20-30-88-67(84)56-57(69)60(72-45(9)75)59(71)61(58(56)70)73-46(10)76/h13,15-16,21-22,32,37,39-41,43-44,47-49,51-54,63,80,85H,14,17-20,23-31,33-36H2,1-12H3,(H,72,75)(H,73,76)/b16-13+,21-15+,38-22+,42-32+/t37-,39-,40+,41-,43-,44+,47+,48+,49+,51-,52+,53+,54-,63-,68-/m1/s1. The van der Waals surface area contributed by atoms with Gasteiger partial charge in [0.15, 0.2) is 0 Å². The van der Waals surface area contributed by atoms with Crippen molar-refractivity contribution in [1.29, 1.82) is 0 Å². The van der Waals surface area contributed by atoms with Crippen molar-refractivity contribution in [2.75, 3.05) is 38.0 Å². The molecule has 1 aromatic rings. The van der Waals surface area contributed by atoms with Crippen molar-refractivity contribution in [3.8, 4) is 0 Å². The number of nitrogens with one attached hydrogen (secondary N) is 2. The minimum absolute atomic E-state index is 0.0143. The number of anilines is 2. The summed E-state index contributed by atoms with van der Waals surface area (Å²) in [6.45, 7) is 17.2. The molecule has 91 heavy (non-hydrogen) atoms. The number of nitrogens with zero attached hydrogens (tertiary/aromatic N) is 1. The number of cyclic esters (lactones) is 1. The number of piperidine rings is 1. The van der Waals surface area contributed by atoms with Gasteiger partial charge in [-0.2, -0.15) is 0 Å². The molecular weight excluding hydrogens is 1510 g/mol. The number of amides is 3. The van der Waals surface area contributed by atoms with Gasteiger partial charge < -0.3 is 54.2 Å². The quantitative estimate of drug-likeness (QED) is 0.0317. The first-order chi connectivity index (χ1) is 42.9. The third-order valence-electron chi connectivity index (χ3n) is 18.2. The molecule has 5 rings (SSSR count). The number of hydrogen-bond acceptors (Lipinski definition) is 17. The molecule has 3 fully saturated rings. The van der Waals surface area contributed by atoms with E-state index < -0.39 is 102 Å². The van der Waals surface area contributed by atoms with Crippen LogP contribution >= 0.6 is 67.8 Å². The molecule has 2 bridgehead atoms. The summed E-state index contributed by atoms with van der Waals surface area (Å²) in [7, 11) is 3.13. The maximum absolute atomic E-state index is 14.7. The fourth-order valence-corrected chi connectivity index (χ4v) is 16.9. The highest BCUT2D eigenvalue weighted by Crippen LogP contribution is 2.41. The van der Waals surface area contributed by atoms with E-state index in [4.69, 9.17) is 28.4 Å². The second-order valence-corrected chi connectivity index (χ2v) is 28.8. The molecule has 20 nitrogen and oxygen atoms in total. The van der Waals surface area contributed by atoms with E-state index in [1.54, 1.807) is 48.0 Å². The number of unbranched alkanes of at least 4 members (excludes halogenated alkanes) is 2. The van der Waals surface area contributed by atoms with Crippen molar-refractivity contribution in [1.82, 2.24) is 4.90 Å². The van der Waals surface area contributed by atoms with Crippen LogP contribution in [0.2, 0.25) is 0 Å². The van der Waals surface area contributed by atoms with Gasteiger partial charge in [0.25, 0.3) is 11.7 Å². The van der Waals surface area contributed by atoms with Crippen LogP contribution < -0.4 is 10.6 Å². The van der Waals surface area contributed by atoms with Crippen LogP contribution in [-0.2, 0) is 66.8 Å². The van der Waals surface area contributed by atoms with Crippen molar-refractivity contribution in [3.63, 3.8) is 0 Å². The van der Waals surface area contributed by atoms with Gasteiger partial charge in [-0.1, -0.05) is 78.0 Å². The zero-order valence-electron chi connectivity index (χ0n) is 54.9. The number of Topliss-reactive ketones (excluding diaryl/α,β-unsaturated/α-hetero) is 3. The first-order valence-electron chi connectivity index (χ1n) is 32.0. The van der Waals surface area contributed by atoms with Gasteiger partial charge >= 0.3 is 17.9 Å². The minimum atomic E-state index is -2.48. The van der Waals surface area contributed by atoms with Crippen LogP contribution in [0.1, 0.15) is 182 Å². The molecule has 4 N–H and O–H groups in total. The van der Waals surface area contributed by atoms with Crippen molar-refractivity contribution >= 4 is 132 Å². The topological polar surface area (TPSA) is 277 Å². The van der Waals surface area contributed by atoms with Crippen molar-refractivity contribution in [3.05, 3.63) is 63.9 Å². The summed E-state index contributed by atoms with van der Waals surface area (Å²) < 4.78 is 37.5. The molecule has 23 heteroatoms. The van der Waals surface area contributed by atoms with Crippen molar-refractivity contribution in [2.24, 2.45) is 41.4 Å². The van der Waals surface area contributed by atoms with Crippen LogP contribution in [-0.4, -0.2) is 144 Å². The maximum atomic E-state index is 14.7. The molecule has 4 aliphatic rings. The van der Waals surface area contributed by atoms with E-state index in [1.807, 2.05) is 126 Å². The Balaban J connectivity index is 1.29. The second-order valence-electron chi connectivity index (χ2n) is 25.6. The van der Waals surface area contributed by atoms with Gasteiger partial charge in [0.05, 0.1) is 58.7 Å². The highest BCUT2D eigenvalue weighted by molar-refractivity contribution is 14.1. The zero-order chi connectivity index (χ0) is 67.6. The zero-order valence-corrected chi connectivity index (χ0v) is 61.3. The van der Waals surface area contributed by atoms with Gasteiger partial charge in [0, 0.05) is 77.5 Å². The monoisotopic (exact) mass is 1610 g/mol. The third-order valence-corrected chi connectivity index (χ3v) is 21.5. The summed E-state index contributed by atoms with van der Waals surface area (Å²) in [5.41, 5.74) is 2.30. The van der Waals surface area contributed by atoms with Crippen LogP contribution in [0.15, 0.2) is 47.6 Å². The van der Waals surface area contributed by atoms with Gasteiger partial charge in [-0.05, 0) is 194 Å². The smallest absolute Gasteiger partial charge is 0.340 e. The number of ketones is 3. The van der Waals surface area contributed by atoms with E-state index in [-0.39, 0.29) is 79.1 Å². The molecule has 15 atom stereocenters. The number of aliphatic hydroxyl groups excluding tert-OH is 1. The normalized spacial score (nSPS) is 31.9. The van der Waals surface area contributed by atoms with Gasteiger partial charge in [-0.3, -0.25) is 33.6 Å². The lowest BCUT2D eigenvalue weighted by Crippen LogP contribution is -2.61. The number of allylic oxidation sites excluding steroid dienone is 6. The molecule has 0 radical (unpaired) electrons. The first kappa shape index (κ1) is 77.7. The van der Waals surface area contributed by atoms with E-state index in [0.717, 1.165) is 5.57 Å². The maximum Gasteiger partial charge on any atom is 0.340 e. The number of benzene rings is 1. The Labute approximate surface area is 578 Å². The Kier molecular flexibility index (Phi) is 31.4. The minimum Gasteiger partial charge on any atom is -0.462 e. The number of methoxy groups -OCH3 is 2. The van der Waals surface area contributed by atoms with E-state index in [2.05, 4.69) is 10.6 Å². The van der Waals surface area contributed by atoms with Gasteiger partial charge in [0.1, 0.15) is 29.8 Å². The number of fused-ring (bicyclic) bond motifs is 3. The summed E-state index contributed by atoms with van der Waals surface area (Å²) in [4.78, 5) is 124. The molecule has 506 valence electrons. The van der Waals surface area contributed by atoms with E-state index in [9.17, 15) is 53.4 Å². The Hall–Kier alpha value is -4.00. The SMILES string of the molecule is CO[C@H]1C[C@@H]2CC[C@@H](C)[C@@](O)(O2)C(=O)C(=O)N2CCCC[C@H]2C(=O)O[C@H]([C@@H](C)C[C@@H]2CC[C@@H](OC(=O)CCCCCOC(=O)c3c(I)c(NC(C)=O)c(I)c(NC(C)=O)c3I)[C@H](OC)C2)CC(=O)[C@H](C)/C=C(\C)[C@@H](O)[C@@H](C)C(=O)[C@H](C)C[C@H](C)/C=C/C=C/C=C/1C. The Morgan fingerprint density at radius 2 is 1.46 bits per heavy atom. The average Bonchev–Trinajstić information content (AvgIpc) is 0.848. The van der Waals surface area contributed by atoms with Crippen LogP contribution in [0.4, 0.5) is 11.4 Å². The molecule has 3 heterocycles. The summed E-state index contributed by atoms with van der Waals surface area (Å²) in [5, 5.41) is 29.1. The van der Waals surface area contributed by atoms with Crippen molar-refractivity contribution in [2.45, 2.75) is 220 Å². The molecule has 2 saturated heterocycles. The molecule has 0 spiro atoms. The van der Waals surface area contributed by atoms with E-state index in [0.29, 0.717) is 111 Å². The summed E-state index contributed by atoms with van der Waals surface area (Å²) >= 11 is 5.97. The predicted molar refractivity (Wildman–Crippen MR) is 369 cm³/mol. The number of ether oxygens (including phenoxy) is 6. The Bertz CT molecular complexity index is 2870. The van der Waals surface area contributed by atoms with E-state index in [1.165, 1.54) is 18.7 Å². The molecule has 1 saturated carbocycles. The number of esters is 3. The number of aliphatic hydroxyl groups is 2. The molecule has 1 aliphatic carbocycles. The summed E-state index contributed by atoms with van der Waals surface area (Å²) in [5.74, 6) is -10.6. The van der Waals surface area contributed by atoms with Crippen LogP contribution in [0.5, 0.6) is 0 Å². The summed E-state index contributed by atoms with van der Waals surface area (Å²) in [6, 6.07) is -1.20. The fraction of sp³-hybridized carbons (Fsp3) is 0.662. The number of halogens is 3. The lowest BCUT2D eigenvalue weighted by molar-refractivity contribution is -0.265. The van der Waals surface area contributed by atoms with Gasteiger partial charge in [-0.15, -0.1) is 0 Å². The first-order valence-corrected chi connectivity index (χ1v) is 35.3. The number of hydrogen-bond donors (Lipinski definition) is 4. The highest BCUT2D eigenvalue weighted by Gasteiger charge is 2.53. The van der Waals surface area contributed by atoms with Crippen molar-refractivity contribution < 1.29 is 81.8 Å². The molecule has 3 aliphatic heterocycles. The second kappa shape index (κ2) is 36.8. The van der Waals surface area contributed by atoms with Crippen LogP contribution in [0.25, 0.3) is 0 Å². The molecule has 0 aromatic heterocycles. The molecule has 0 unspecified atom stereocenters. The Morgan fingerprint density at radius 1 is 0.791 bits per heavy atom.